The number of carbonyl (C=O) groups is 2. The number of rotatable bonds is 5. The summed E-state index contributed by atoms with van der Waals surface area (Å²) in [6.07, 6.45) is -1.57. The quantitative estimate of drug-likeness (QED) is 0.728. The maximum atomic E-state index is 11.3. The first-order chi connectivity index (χ1) is 11.4. The second-order valence-corrected chi connectivity index (χ2v) is 5.92. The molecule has 1 N–H and O–H groups in total. The first-order valence-electron chi connectivity index (χ1n) is 7.59. The van der Waals surface area contributed by atoms with Gasteiger partial charge < -0.3 is 28.8 Å². The van der Waals surface area contributed by atoms with Crippen molar-refractivity contribution >= 4 is 18.0 Å². The third kappa shape index (κ3) is 2.91. The van der Waals surface area contributed by atoms with E-state index in [2.05, 4.69) is 4.99 Å². The van der Waals surface area contributed by atoms with Gasteiger partial charge in [0, 0.05) is 26.0 Å². The molecule has 1 unspecified atom stereocenters. The van der Waals surface area contributed by atoms with Crippen LogP contribution in [0.3, 0.4) is 0 Å². The maximum absolute atomic E-state index is 11.3. The van der Waals surface area contributed by atoms with Crippen molar-refractivity contribution in [1.82, 2.24) is 0 Å². The van der Waals surface area contributed by atoms with E-state index in [-0.39, 0.29) is 18.3 Å². The van der Waals surface area contributed by atoms with Crippen LogP contribution in [0.2, 0.25) is 0 Å². The smallest absolute Gasteiger partial charge is 0.481 e. The summed E-state index contributed by atoms with van der Waals surface area (Å²) in [6, 6.07) is -0.390. The van der Waals surface area contributed by atoms with Crippen LogP contribution in [0.4, 0.5) is 4.79 Å². The summed E-state index contributed by atoms with van der Waals surface area (Å²) in [5, 5.41) is 9.26. The second kappa shape index (κ2) is 6.31. The highest BCUT2D eigenvalue weighted by molar-refractivity contribution is 5.85. The normalized spacial score (nSPS) is 33.9. The number of nitrogens with zero attached hydrogens (tertiary/aromatic N) is 1. The van der Waals surface area contributed by atoms with E-state index in [1.54, 1.807) is 6.92 Å². The number of aliphatic carboxylic acids is 1. The van der Waals surface area contributed by atoms with Gasteiger partial charge in [0.2, 0.25) is 5.76 Å². The maximum Gasteiger partial charge on any atom is 0.508 e. The molecule has 132 valence electrons. The first kappa shape index (κ1) is 16.6. The van der Waals surface area contributed by atoms with Crippen molar-refractivity contribution in [3.8, 4) is 0 Å². The number of carboxylic acid groups (broad SMARTS) is 1. The Kier molecular flexibility index (Phi) is 4.35. The van der Waals surface area contributed by atoms with Crippen LogP contribution >= 0.6 is 0 Å². The topological polar surface area (TPSA) is 113 Å². The number of hydrogen-bond acceptors (Lipinski definition) is 8. The van der Waals surface area contributed by atoms with Gasteiger partial charge in [0.1, 0.15) is 31.0 Å². The van der Waals surface area contributed by atoms with E-state index in [1.165, 1.54) is 13.2 Å². The molecule has 3 rings (SSSR count). The van der Waals surface area contributed by atoms with Gasteiger partial charge in [-0.15, -0.1) is 0 Å². The van der Waals surface area contributed by atoms with Gasteiger partial charge in [0.05, 0.1) is 0 Å². The predicted molar refractivity (Wildman–Crippen MR) is 78.5 cm³/mol. The SMILES string of the molecule is COC([C@@H](C)[C@H]1OC(C(=O)O)=C[C@H]2OC(C)=N[C@@H]12)[C@H]1COC(=O)O1. The lowest BCUT2D eigenvalue weighted by molar-refractivity contribution is -0.142. The highest BCUT2D eigenvalue weighted by atomic mass is 16.8. The van der Waals surface area contributed by atoms with Gasteiger partial charge >= 0.3 is 12.1 Å². The number of carboxylic acids is 1. The van der Waals surface area contributed by atoms with Crippen molar-refractivity contribution in [1.29, 1.82) is 0 Å². The molecule has 0 spiro atoms. The standard InChI is InChI=1S/C15H19NO8/c1-6(12(20-3)10-5-21-15(19)24-10)13-11-8(22-7(2)16-11)4-9(23-13)14(17)18/h4,6,8,10-13H,5H2,1-3H3,(H,17,18)/t6-,8-,10-,11-,12?,13-/m1/s1. The molecule has 9 nitrogen and oxygen atoms in total. The summed E-state index contributed by atoms with van der Waals surface area (Å²) in [5.74, 6) is -1.22. The highest BCUT2D eigenvalue weighted by Crippen LogP contribution is 2.34. The Morgan fingerprint density at radius 3 is 2.75 bits per heavy atom. The largest absolute Gasteiger partial charge is 0.508 e. The van der Waals surface area contributed by atoms with Crippen LogP contribution in [0.25, 0.3) is 0 Å². The van der Waals surface area contributed by atoms with Gasteiger partial charge in [-0.1, -0.05) is 6.92 Å². The van der Waals surface area contributed by atoms with Crippen LogP contribution in [-0.4, -0.2) is 67.3 Å². The molecular weight excluding hydrogens is 322 g/mol. The van der Waals surface area contributed by atoms with Crippen LogP contribution in [0.5, 0.6) is 0 Å². The van der Waals surface area contributed by atoms with Crippen molar-refractivity contribution < 1.29 is 38.4 Å². The van der Waals surface area contributed by atoms with Gasteiger partial charge in [-0.2, -0.15) is 0 Å². The van der Waals surface area contributed by atoms with Crippen LogP contribution in [-0.2, 0) is 28.5 Å². The monoisotopic (exact) mass is 341 g/mol. The van der Waals surface area contributed by atoms with Gasteiger partial charge in [-0.05, 0) is 0 Å². The molecule has 0 radical (unpaired) electrons. The molecule has 3 aliphatic rings. The van der Waals surface area contributed by atoms with Crippen molar-refractivity contribution in [3.05, 3.63) is 11.8 Å². The number of ether oxygens (including phenoxy) is 5. The Morgan fingerprint density at radius 1 is 1.42 bits per heavy atom. The van der Waals surface area contributed by atoms with Crippen molar-refractivity contribution in [2.24, 2.45) is 10.9 Å². The van der Waals surface area contributed by atoms with E-state index in [1.807, 2.05) is 6.92 Å². The van der Waals surface area contributed by atoms with Crippen molar-refractivity contribution in [3.63, 3.8) is 0 Å². The summed E-state index contributed by atoms with van der Waals surface area (Å²) in [5.41, 5.74) is 0. The van der Waals surface area contributed by atoms with Gasteiger partial charge in [-0.3, -0.25) is 0 Å². The predicted octanol–water partition coefficient (Wildman–Crippen LogP) is 0.726. The van der Waals surface area contributed by atoms with E-state index >= 15 is 0 Å². The van der Waals surface area contributed by atoms with E-state index in [4.69, 9.17) is 23.7 Å². The van der Waals surface area contributed by atoms with Crippen LogP contribution in [0, 0.1) is 5.92 Å². The number of cyclic esters (lactones) is 2. The van der Waals surface area contributed by atoms with Crippen LogP contribution in [0.15, 0.2) is 16.8 Å². The summed E-state index contributed by atoms with van der Waals surface area (Å²) in [6.45, 7) is 3.60. The molecule has 3 aliphatic heterocycles. The zero-order valence-corrected chi connectivity index (χ0v) is 13.5. The molecule has 1 saturated heterocycles. The molecule has 0 aromatic heterocycles. The lowest BCUT2D eigenvalue weighted by Crippen LogP contribution is -2.50. The Labute approximate surface area is 138 Å². The summed E-state index contributed by atoms with van der Waals surface area (Å²) in [4.78, 5) is 26.9. The molecule has 0 aliphatic carbocycles. The average Bonchev–Trinajstić information content (AvgIpc) is 3.11. The second-order valence-electron chi connectivity index (χ2n) is 5.92. The Balaban J connectivity index is 1.83. The summed E-state index contributed by atoms with van der Waals surface area (Å²) in [7, 11) is 1.49. The fourth-order valence-corrected chi connectivity index (χ4v) is 3.31. The van der Waals surface area contributed by atoms with E-state index in [0.29, 0.717) is 5.90 Å². The third-order valence-corrected chi connectivity index (χ3v) is 4.39. The average molecular weight is 341 g/mol. The molecule has 0 bridgehead atoms. The minimum absolute atomic E-state index is 0.0723. The van der Waals surface area contributed by atoms with Crippen LogP contribution in [0.1, 0.15) is 13.8 Å². The summed E-state index contributed by atoms with van der Waals surface area (Å²) >= 11 is 0. The molecule has 0 saturated carbocycles. The number of methoxy groups -OCH3 is 1. The van der Waals surface area contributed by atoms with E-state index in [9.17, 15) is 14.7 Å². The summed E-state index contributed by atoms with van der Waals surface area (Å²) < 4.78 is 26.6. The van der Waals surface area contributed by atoms with E-state index < -0.39 is 42.6 Å². The molecule has 3 heterocycles. The van der Waals surface area contributed by atoms with Crippen molar-refractivity contribution in [2.45, 2.75) is 44.3 Å². The molecule has 24 heavy (non-hydrogen) atoms. The van der Waals surface area contributed by atoms with Crippen LogP contribution < -0.4 is 0 Å². The Morgan fingerprint density at radius 2 is 2.17 bits per heavy atom. The fraction of sp³-hybridized carbons (Fsp3) is 0.667. The molecular formula is C15H19NO8. The minimum Gasteiger partial charge on any atom is -0.481 e. The zero-order valence-electron chi connectivity index (χ0n) is 13.5. The molecule has 6 atom stereocenters. The van der Waals surface area contributed by atoms with Gasteiger partial charge in [0.25, 0.3) is 0 Å². The van der Waals surface area contributed by atoms with Gasteiger partial charge in [0.15, 0.2) is 12.0 Å². The zero-order chi connectivity index (χ0) is 17.4. The highest BCUT2D eigenvalue weighted by Gasteiger charge is 2.48. The fourth-order valence-electron chi connectivity index (χ4n) is 3.31. The number of fused-ring (bicyclic) bond motifs is 1. The first-order valence-corrected chi connectivity index (χ1v) is 7.59. The molecule has 0 aromatic carbocycles. The lowest BCUT2D eigenvalue weighted by Gasteiger charge is -2.37. The lowest BCUT2D eigenvalue weighted by atomic mass is 9.86. The molecule has 1 fully saturated rings. The van der Waals surface area contributed by atoms with E-state index in [0.717, 1.165) is 0 Å². The Hall–Kier alpha value is -2.29. The molecule has 0 aromatic rings. The number of carbonyl (C=O) groups excluding carboxylic acids is 1. The number of aliphatic imine (C=N–C) groups is 1. The molecule has 0 amide bonds. The number of hydrogen-bond donors (Lipinski definition) is 1. The minimum atomic E-state index is -1.18. The Bertz CT molecular complexity index is 600. The van der Waals surface area contributed by atoms with Gasteiger partial charge in [-0.25, -0.2) is 14.6 Å². The molecule has 9 heteroatoms. The van der Waals surface area contributed by atoms with Crippen molar-refractivity contribution in [2.75, 3.05) is 13.7 Å². The third-order valence-electron chi connectivity index (χ3n) is 4.39.